The van der Waals surface area contributed by atoms with Gasteiger partial charge in [-0.25, -0.2) is 0 Å². The molecule has 2 N–H and O–H groups in total. The Labute approximate surface area is 107 Å². The average Bonchev–Trinajstić information content (AvgIpc) is 2.68. The summed E-state index contributed by atoms with van der Waals surface area (Å²) in [5, 5.41) is 12.3. The molecule has 0 aromatic carbocycles. The van der Waals surface area contributed by atoms with E-state index in [9.17, 15) is 9.90 Å². The number of carbonyl (C=O) groups excluding carboxylic acids is 1. The van der Waals surface area contributed by atoms with E-state index in [1.165, 1.54) is 21.8 Å². The molecule has 1 rings (SSSR count). The molecule has 4 heteroatoms. The van der Waals surface area contributed by atoms with Crippen molar-refractivity contribution in [2.24, 2.45) is 0 Å². The molecule has 0 radical (unpaired) electrons. The molecule has 0 fully saturated rings. The Kier molecular flexibility index (Phi) is 5.65. The van der Waals surface area contributed by atoms with Crippen LogP contribution in [0.2, 0.25) is 0 Å². The number of thiophene rings is 1. The fourth-order valence-corrected chi connectivity index (χ4v) is 2.75. The number of hydrogen-bond acceptors (Lipinski definition) is 3. The van der Waals surface area contributed by atoms with Gasteiger partial charge in [0.15, 0.2) is 0 Å². The Hall–Kier alpha value is -0.870. The molecule has 1 aromatic rings. The number of aryl methyl sites for hydroxylation is 2. The maximum absolute atomic E-state index is 11.8. The van der Waals surface area contributed by atoms with Gasteiger partial charge in [0.25, 0.3) is 5.91 Å². The van der Waals surface area contributed by atoms with Crippen LogP contribution in [0.3, 0.4) is 0 Å². The monoisotopic (exact) mass is 255 g/mol. The summed E-state index contributed by atoms with van der Waals surface area (Å²) in [6.45, 7) is 6.47. The zero-order chi connectivity index (χ0) is 12.8. The molecular weight excluding hydrogens is 234 g/mol. The van der Waals surface area contributed by atoms with Gasteiger partial charge in [-0.05, 0) is 31.4 Å². The van der Waals surface area contributed by atoms with E-state index >= 15 is 0 Å². The van der Waals surface area contributed by atoms with E-state index < -0.39 is 6.10 Å². The predicted molar refractivity (Wildman–Crippen MR) is 71.7 cm³/mol. The van der Waals surface area contributed by atoms with Gasteiger partial charge >= 0.3 is 0 Å². The Balaban J connectivity index is 2.52. The first kappa shape index (κ1) is 14.2. The molecule has 1 atom stereocenters. The molecule has 0 aliphatic carbocycles. The smallest absolute Gasteiger partial charge is 0.261 e. The maximum atomic E-state index is 11.8. The summed E-state index contributed by atoms with van der Waals surface area (Å²) >= 11 is 1.54. The second-order valence-corrected chi connectivity index (χ2v) is 5.36. The summed E-state index contributed by atoms with van der Waals surface area (Å²) in [6.07, 6.45) is 2.18. The zero-order valence-electron chi connectivity index (χ0n) is 10.7. The molecule has 17 heavy (non-hydrogen) atoms. The van der Waals surface area contributed by atoms with Gasteiger partial charge in [0.1, 0.15) is 0 Å². The lowest BCUT2D eigenvalue weighted by atomic mass is 10.2. The highest BCUT2D eigenvalue weighted by atomic mass is 32.1. The topological polar surface area (TPSA) is 49.3 Å². The first-order valence-corrected chi connectivity index (χ1v) is 6.95. The van der Waals surface area contributed by atoms with E-state index in [-0.39, 0.29) is 5.91 Å². The molecular formula is C13H21NO2S. The molecule has 0 saturated heterocycles. The number of aliphatic hydroxyl groups is 1. The van der Waals surface area contributed by atoms with Crippen LogP contribution in [0.5, 0.6) is 0 Å². The normalized spacial score (nSPS) is 12.5. The van der Waals surface area contributed by atoms with Crippen LogP contribution in [0.4, 0.5) is 0 Å². The molecule has 3 nitrogen and oxygen atoms in total. The van der Waals surface area contributed by atoms with E-state index in [0.717, 1.165) is 24.1 Å². The van der Waals surface area contributed by atoms with E-state index in [4.69, 9.17) is 0 Å². The average molecular weight is 255 g/mol. The van der Waals surface area contributed by atoms with Crippen LogP contribution in [-0.2, 0) is 6.42 Å². The highest BCUT2D eigenvalue weighted by Gasteiger charge is 2.12. The van der Waals surface area contributed by atoms with Crippen LogP contribution in [0.15, 0.2) is 6.07 Å². The van der Waals surface area contributed by atoms with Crippen molar-refractivity contribution in [1.29, 1.82) is 0 Å². The molecule has 0 bridgehead atoms. The molecule has 0 aliphatic heterocycles. The van der Waals surface area contributed by atoms with Crippen LogP contribution < -0.4 is 5.32 Å². The van der Waals surface area contributed by atoms with Crippen molar-refractivity contribution in [3.63, 3.8) is 0 Å². The number of nitrogens with one attached hydrogen (secondary N) is 1. The maximum Gasteiger partial charge on any atom is 0.261 e. The molecule has 1 amide bonds. The van der Waals surface area contributed by atoms with E-state index in [1.807, 2.05) is 19.9 Å². The molecule has 0 saturated carbocycles. The molecule has 0 aliphatic rings. The van der Waals surface area contributed by atoms with Crippen LogP contribution in [0, 0.1) is 6.92 Å². The van der Waals surface area contributed by atoms with E-state index in [2.05, 4.69) is 12.2 Å². The molecule has 1 aromatic heterocycles. The van der Waals surface area contributed by atoms with Gasteiger partial charge in [0.05, 0.1) is 11.0 Å². The zero-order valence-corrected chi connectivity index (χ0v) is 11.6. The van der Waals surface area contributed by atoms with Crippen LogP contribution in [0.25, 0.3) is 0 Å². The van der Waals surface area contributed by atoms with Crippen molar-refractivity contribution in [3.05, 3.63) is 21.4 Å². The van der Waals surface area contributed by atoms with Crippen molar-refractivity contribution in [2.75, 3.05) is 6.54 Å². The van der Waals surface area contributed by atoms with Gasteiger partial charge in [0.2, 0.25) is 0 Å². The van der Waals surface area contributed by atoms with Gasteiger partial charge in [-0.15, -0.1) is 11.3 Å². The fraction of sp³-hybridized carbons (Fsp3) is 0.615. The van der Waals surface area contributed by atoms with Gasteiger partial charge < -0.3 is 10.4 Å². The summed E-state index contributed by atoms with van der Waals surface area (Å²) in [5.41, 5.74) is 1.18. The fourth-order valence-electron chi connectivity index (χ4n) is 1.72. The van der Waals surface area contributed by atoms with Crippen LogP contribution >= 0.6 is 11.3 Å². The lowest BCUT2D eigenvalue weighted by Gasteiger charge is -2.09. The van der Waals surface area contributed by atoms with Crippen molar-refractivity contribution in [2.45, 2.75) is 46.1 Å². The lowest BCUT2D eigenvalue weighted by Crippen LogP contribution is -2.31. The quantitative estimate of drug-likeness (QED) is 0.820. The van der Waals surface area contributed by atoms with Gasteiger partial charge in [-0.2, -0.15) is 0 Å². The van der Waals surface area contributed by atoms with Crippen molar-refractivity contribution in [3.8, 4) is 0 Å². The predicted octanol–water partition coefficient (Wildman–Crippen LogP) is 2.51. The summed E-state index contributed by atoms with van der Waals surface area (Å²) < 4.78 is 0. The summed E-state index contributed by atoms with van der Waals surface area (Å²) in [6, 6.07) is 1.92. The lowest BCUT2D eigenvalue weighted by molar-refractivity contribution is 0.0914. The second-order valence-electron chi connectivity index (χ2n) is 4.22. The van der Waals surface area contributed by atoms with E-state index in [1.54, 1.807) is 0 Å². The second kappa shape index (κ2) is 6.77. The van der Waals surface area contributed by atoms with Crippen molar-refractivity contribution >= 4 is 17.2 Å². The minimum absolute atomic E-state index is 0.0760. The molecule has 1 heterocycles. The first-order valence-electron chi connectivity index (χ1n) is 6.14. The third-order valence-electron chi connectivity index (χ3n) is 2.69. The van der Waals surface area contributed by atoms with Gasteiger partial charge in [0, 0.05) is 11.4 Å². The number of rotatable bonds is 6. The van der Waals surface area contributed by atoms with Crippen molar-refractivity contribution < 1.29 is 9.90 Å². The van der Waals surface area contributed by atoms with Crippen molar-refractivity contribution in [1.82, 2.24) is 5.32 Å². The summed E-state index contributed by atoms with van der Waals surface area (Å²) in [4.78, 5) is 13.8. The standard InChI is InChI=1S/C13H21NO2S/c1-4-6-10(15)8-14-13(16)12-7-9(3)11(5-2)17-12/h7,10,15H,4-6,8H2,1-3H3,(H,14,16). The SMILES string of the molecule is CCCC(O)CNC(=O)c1cc(C)c(CC)s1. The molecule has 0 spiro atoms. The minimum atomic E-state index is -0.435. The number of hydrogen-bond donors (Lipinski definition) is 2. The third kappa shape index (κ3) is 4.13. The van der Waals surface area contributed by atoms with Crippen LogP contribution in [-0.4, -0.2) is 23.7 Å². The highest BCUT2D eigenvalue weighted by Crippen LogP contribution is 2.22. The Morgan fingerprint density at radius 2 is 2.24 bits per heavy atom. The van der Waals surface area contributed by atoms with E-state index in [0.29, 0.717) is 6.54 Å². The Bertz CT molecular complexity index is 373. The number of aliphatic hydroxyl groups excluding tert-OH is 1. The van der Waals surface area contributed by atoms with Crippen LogP contribution in [0.1, 0.15) is 46.8 Å². The summed E-state index contributed by atoms with van der Waals surface area (Å²) in [7, 11) is 0. The number of carbonyl (C=O) groups is 1. The summed E-state index contributed by atoms with van der Waals surface area (Å²) in [5.74, 6) is -0.0760. The Morgan fingerprint density at radius 1 is 1.53 bits per heavy atom. The third-order valence-corrected chi connectivity index (χ3v) is 4.07. The minimum Gasteiger partial charge on any atom is -0.391 e. The molecule has 96 valence electrons. The highest BCUT2D eigenvalue weighted by molar-refractivity contribution is 7.14. The van der Waals surface area contributed by atoms with Gasteiger partial charge in [-0.3, -0.25) is 4.79 Å². The largest absolute Gasteiger partial charge is 0.391 e. The number of amides is 1. The Morgan fingerprint density at radius 3 is 2.76 bits per heavy atom. The first-order chi connectivity index (χ1) is 8.08. The molecule has 1 unspecified atom stereocenters. The van der Waals surface area contributed by atoms with Gasteiger partial charge in [-0.1, -0.05) is 20.3 Å².